The standard InChI is InChI=1S/C14H24N2S/c1-11(2)7-8-13(16-15)10-17-14-6-4-5-12(3)9-14/h4-6,9,11,13,16H,7-8,10,15H2,1-3H3. The molecule has 0 saturated heterocycles. The SMILES string of the molecule is Cc1cccc(SCC(CCC(C)C)NN)c1. The summed E-state index contributed by atoms with van der Waals surface area (Å²) in [7, 11) is 0. The molecule has 0 fully saturated rings. The van der Waals surface area contributed by atoms with Gasteiger partial charge in [0.05, 0.1) is 0 Å². The van der Waals surface area contributed by atoms with E-state index in [1.165, 1.54) is 16.9 Å². The Kier molecular flexibility index (Phi) is 6.63. The quantitative estimate of drug-likeness (QED) is 0.444. The largest absolute Gasteiger partial charge is 0.271 e. The van der Waals surface area contributed by atoms with Gasteiger partial charge in [-0.25, -0.2) is 0 Å². The van der Waals surface area contributed by atoms with Crippen LogP contribution in [0.15, 0.2) is 29.2 Å². The second-order valence-corrected chi connectivity index (χ2v) is 6.06. The Morgan fingerprint density at radius 1 is 1.29 bits per heavy atom. The molecule has 1 rings (SSSR count). The minimum atomic E-state index is 0.405. The molecule has 96 valence electrons. The molecule has 0 aromatic heterocycles. The van der Waals surface area contributed by atoms with Crippen molar-refractivity contribution in [2.75, 3.05) is 5.75 Å². The molecular formula is C14H24N2S. The monoisotopic (exact) mass is 252 g/mol. The van der Waals surface area contributed by atoms with Crippen LogP contribution in [0.3, 0.4) is 0 Å². The van der Waals surface area contributed by atoms with Gasteiger partial charge >= 0.3 is 0 Å². The van der Waals surface area contributed by atoms with Crippen LogP contribution in [0.1, 0.15) is 32.3 Å². The van der Waals surface area contributed by atoms with Gasteiger partial charge in [0, 0.05) is 16.7 Å². The van der Waals surface area contributed by atoms with E-state index < -0.39 is 0 Å². The summed E-state index contributed by atoms with van der Waals surface area (Å²) in [6.45, 7) is 6.63. The highest BCUT2D eigenvalue weighted by Crippen LogP contribution is 2.21. The Morgan fingerprint density at radius 3 is 2.65 bits per heavy atom. The molecule has 0 saturated carbocycles. The third kappa shape index (κ3) is 6.10. The number of thioether (sulfide) groups is 1. The Labute approximate surface area is 109 Å². The lowest BCUT2D eigenvalue weighted by Crippen LogP contribution is -2.37. The van der Waals surface area contributed by atoms with Crippen molar-refractivity contribution in [2.24, 2.45) is 11.8 Å². The van der Waals surface area contributed by atoms with Gasteiger partial charge in [-0.05, 0) is 37.8 Å². The molecule has 0 aliphatic rings. The van der Waals surface area contributed by atoms with Crippen molar-refractivity contribution in [1.29, 1.82) is 0 Å². The normalized spacial score (nSPS) is 13.0. The topological polar surface area (TPSA) is 38.0 Å². The smallest absolute Gasteiger partial charge is 0.0304 e. The third-order valence-electron chi connectivity index (χ3n) is 2.77. The molecule has 17 heavy (non-hydrogen) atoms. The van der Waals surface area contributed by atoms with Gasteiger partial charge in [-0.2, -0.15) is 0 Å². The Balaban J connectivity index is 2.37. The zero-order valence-electron chi connectivity index (χ0n) is 11.1. The van der Waals surface area contributed by atoms with Gasteiger partial charge in [0.25, 0.3) is 0 Å². The number of nitrogens with two attached hydrogens (primary N) is 1. The zero-order valence-corrected chi connectivity index (χ0v) is 11.9. The van der Waals surface area contributed by atoms with Crippen molar-refractivity contribution in [2.45, 2.75) is 44.6 Å². The maximum atomic E-state index is 5.59. The van der Waals surface area contributed by atoms with E-state index in [1.807, 2.05) is 11.8 Å². The number of aryl methyl sites for hydroxylation is 1. The summed E-state index contributed by atoms with van der Waals surface area (Å²) >= 11 is 1.88. The van der Waals surface area contributed by atoms with Gasteiger partial charge in [0.1, 0.15) is 0 Å². The molecule has 1 atom stereocenters. The molecule has 1 aromatic carbocycles. The highest BCUT2D eigenvalue weighted by atomic mass is 32.2. The van der Waals surface area contributed by atoms with E-state index in [9.17, 15) is 0 Å². The molecule has 0 heterocycles. The van der Waals surface area contributed by atoms with Crippen LogP contribution in [-0.2, 0) is 0 Å². The molecule has 0 aliphatic heterocycles. The van der Waals surface area contributed by atoms with Crippen molar-refractivity contribution >= 4 is 11.8 Å². The average molecular weight is 252 g/mol. The molecule has 0 radical (unpaired) electrons. The first kappa shape index (κ1) is 14.6. The number of hydrogen-bond donors (Lipinski definition) is 2. The van der Waals surface area contributed by atoms with Crippen molar-refractivity contribution in [3.63, 3.8) is 0 Å². The first-order valence-corrected chi connectivity index (χ1v) is 7.26. The average Bonchev–Trinajstić information content (AvgIpc) is 2.29. The van der Waals surface area contributed by atoms with E-state index in [0.717, 1.165) is 18.1 Å². The molecule has 0 spiro atoms. The first-order valence-electron chi connectivity index (χ1n) is 6.27. The van der Waals surface area contributed by atoms with Crippen LogP contribution in [0, 0.1) is 12.8 Å². The number of nitrogens with one attached hydrogen (secondary N) is 1. The molecule has 1 unspecified atom stereocenters. The lowest BCUT2D eigenvalue weighted by Gasteiger charge is -2.16. The predicted octanol–water partition coefficient (Wildman–Crippen LogP) is 3.36. The highest BCUT2D eigenvalue weighted by Gasteiger charge is 2.08. The Hall–Kier alpha value is -0.510. The second-order valence-electron chi connectivity index (χ2n) is 4.96. The first-order chi connectivity index (χ1) is 8.11. The Bertz CT molecular complexity index is 326. The maximum absolute atomic E-state index is 5.59. The summed E-state index contributed by atoms with van der Waals surface area (Å²) in [5.74, 6) is 7.37. The fourth-order valence-electron chi connectivity index (χ4n) is 1.65. The second kappa shape index (κ2) is 7.75. The van der Waals surface area contributed by atoms with Crippen molar-refractivity contribution in [1.82, 2.24) is 5.43 Å². The summed E-state index contributed by atoms with van der Waals surface area (Å²) in [5.41, 5.74) is 4.24. The minimum Gasteiger partial charge on any atom is -0.271 e. The van der Waals surface area contributed by atoms with Crippen molar-refractivity contribution in [3.05, 3.63) is 29.8 Å². The van der Waals surface area contributed by atoms with Gasteiger partial charge in [-0.3, -0.25) is 11.3 Å². The molecule has 2 nitrogen and oxygen atoms in total. The summed E-state index contributed by atoms with van der Waals surface area (Å²) < 4.78 is 0. The van der Waals surface area contributed by atoms with Crippen LogP contribution in [0.25, 0.3) is 0 Å². The van der Waals surface area contributed by atoms with Crippen LogP contribution in [-0.4, -0.2) is 11.8 Å². The molecule has 0 bridgehead atoms. The third-order valence-corrected chi connectivity index (χ3v) is 3.93. The van der Waals surface area contributed by atoms with Gasteiger partial charge < -0.3 is 0 Å². The Morgan fingerprint density at radius 2 is 2.06 bits per heavy atom. The summed E-state index contributed by atoms with van der Waals surface area (Å²) in [6.07, 6.45) is 2.37. The molecule has 1 aromatic rings. The van der Waals surface area contributed by atoms with E-state index in [4.69, 9.17) is 5.84 Å². The minimum absolute atomic E-state index is 0.405. The molecule has 0 aliphatic carbocycles. The highest BCUT2D eigenvalue weighted by molar-refractivity contribution is 7.99. The number of rotatable bonds is 7. The van der Waals surface area contributed by atoms with Gasteiger partial charge in [-0.1, -0.05) is 31.5 Å². The fourth-order valence-corrected chi connectivity index (χ4v) is 2.75. The number of hydrazine groups is 1. The van der Waals surface area contributed by atoms with Crippen LogP contribution in [0.5, 0.6) is 0 Å². The summed E-state index contributed by atoms with van der Waals surface area (Å²) in [6, 6.07) is 9.02. The van der Waals surface area contributed by atoms with Crippen LogP contribution < -0.4 is 11.3 Å². The van der Waals surface area contributed by atoms with E-state index in [1.54, 1.807) is 0 Å². The van der Waals surface area contributed by atoms with E-state index >= 15 is 0 Å². The van der Waals surface area contributed by atoms with E-state index in [2.05, 4.69) is 50.5 Å². The number of benzene rings is 1. The lowest BCUT2D eigenvalue weighted by molar-refractivity contribution is 0.464. The van der Waals surface area contributed by atoms with Crippen molar-refractivity contribution < 1.29 is 0 Å². The van der Waals surface area contributed by atoms with Gasteiger partial charge in [0.15, 0.2) is 0 Å². The van der Waals surface area contributed by atoms with E-state index in [0.29, 0.717) is 6.04 Å². The van der Waals surface area contributed by atoms with Crippen LogP contribution in [0.4, 0.5) is 0 Å². The van der Waals surface area contributed by atoms with Gasteiger partial charge in [0.2, 0.25) is 0 Å². The van der Waals surface area contributed by atoms with Crippen LogP contribution in [0.2, 0.25) is 0 Å². The van der Waals surface area contributed by atoms with Crippen molar-refractivity contribution in [3.8, 4) is 0 Å². The van der Waals surface area contributed by atoms with E-state index in [-0.39, 0.29) is 0 Å². The molecular weight excluding hydrogens is 228 g/mol. The summed E-state index contributed by atoms with van der Waals surface area (Å²) in [4.78, 5) is 1.33. The molecule has 0 amide bonds. The lowest BCUT2D eigenvalue weighted by atomic mass is 10.0. The molecule has 3 N–H and O–H groups in total. The van der Waals surface area contributed by atoms with Crippen LogP contribution >= 0.6 is 11.8 Å². The van der Waals surface area contributed by atoms with Gasteiger partial charge in [-0.15, -0.1) is 11.8 Å². The summed E-state index contributed by atoms with van der Waals surface area (Å²) in [5, 5.41) is 0. The maximum Gasteiger partial charge on any atom is 0.0304 e. The predicted molar refractivity (Wildman–Crippen MR) is 77.1 cm³/mol. The fraction of sp³-hybridized carbons (Fsp3) is 0.571. The molecule has 3 heteroatoms. The zero-order chi connectivity index (χ0) is 12.7. The number of hydrogen-bond acceptors (Lipinski definition) is 3.